The Hall–Kier alpha value is -0.346. The quantitative estimate of drug-likeness (QED) is 0.673. The number of hydrogen-bond donors (Lipinski definition) is 0. The van der Waals surface area contributed by atoms with Crippen LogP contribution in [0.15, 0.2) is 18.2 Å². The normalized spacial score (nSPS) is 12.2. The number of rotatable bonds is 2. The van der Waals surface area contributed by atoms with Crippen LogP contribution in [-0.2, 0) is 0 Å². The molecule has 0 bridgehead atoms. The van der Waals surface area contributed by atoms with Gasteiger partial charge in [0.05, 0.1) is 16.9 Å². The van der Waals surface area contributed by atoms with Gasteiger partial charge in [0.15, 0.2) is 0 Å². The molecule has 1 rings (SSSR count). The highest BCUT2D eigenvalue weighted by molar-refractivity contribution is 6.89. The summed E-state index contributed by atoms with van der Waals surface area (Å²) in [6.45, 7) is 14.3. The third-order valence-electron chi connectivity index (χ3n) is 2.63. The summed E-state index contributed by atoms with van der Waals surface area (Å²) in [6, 6.07) is 7.23. The van der Waals surface area contributed by atoms with Gasteiger partial charge in [-0.2, -0.15) is 0 Å². The molecule has 0 unspecified atom stereocenters. The van der Waals surface area contributed by atoms with Crippen LogP contribution in [0.25, 0.3) is 0 Å². The van der Waals surface area contributed by atoms with Crippen molar-refractivity contribution in [2.24, 2.45) is 0 Å². The van der Waals surface area contributed by atoms with Crippen LogP contribution in [0.5, 0.6) is 0 Å². The van der Waals surface area contributed by atoms with Crippen molar-refractivity contribution in [2.75, 3.05) is 0 Å². The van der Waals surface area contributed by atoms with Gasteiger partial charge in [-0.1, -0.05) is 66.9 Å². The molecule has 0 saturated heterocycles. The van der Waals surface area contributed by atoms with Gasteiger partial charge in [-0.15, -0.1) is 0 Å². The van der Waals surface area contributed by atoms with E-state index < -0.39 is 16.9 Å². The highest BCUT2D eigenvalue weighted by atomic mass is 28.3. The number of benzene rings is 1. The Morgan fingerprint density at radius 1 is 1.00 bits per heavy atom. The molecular formula is C12H22Si2. The summed E-state index contributed by atoms with van der Waals surface area (Å²) < 4.78 is 0. The first kappa shape index (κ1) is 11.7. The molecule has 0 heterocycles. The highest BCUT2D eigenvalue weighted by Crippen LogP contribution is 2.04. The lowest BCUT2D eigenvalue weighted by atomic mass is 10.2. The Morgan fingerprint density at radius 3 is 2.00 bits per heavy atom. The van der Waals surface area contributed by atoms with Crippen molar-refractivity contribution in [2.45, 2.75) is 39.7 Å². The minimum Gasteiger partial charge on any atom is -0.0682 e. The van der Waals surface area contributed by atoms with Crippen LogP contribution in [0, 0.1) is 6.92 Å². The fourth-order valence-corrected chi connectivity index (χ4v) is 4.12. The molecular weight excluding hydrogens is 200 g/mol. The molecule has 0 amide bonds. The summed E-state index contributed by atoms with van der Waals surface area (Å²) in [5.41, 5.74) is 1.45. The van der Waals surface area contributed by atoms with E-state index in [-0.39, 0.29) is 0 Å². The third kappa shape index (κ3) is 2.82. The van der Waals surface area contributed by atoms with Gasteiger partial charge in [0.1, 0.15) is 0 Å². The van der Waals surface area contributed by atoms with Crippen LogP contribution >= 0.6 is 0 Å². The Labute approximate surface area is 91.0 Å². The van der Waals surface area contributed by atoms with Crippen LogP contribution in [0.4, 0.5) is 0 Å². The molecule has 0 nitrogen and oxygen atoms in total. The summed E-state index contributed by atoms with van der Waals surface area (Å²) >= 11 is 0. The van der Waals surface area contributed by atoms with Gasteiger partial charge >= 0.3 is 0 Å². The largest absolute Gasteiger partial charge is 0.0775 e. The van der Waals surface area contributed by atoms with Crippen LogP contribution < -0.4 is 10.4 Å². The van der Waals surface area contributed by atoms with Gasteiger partial charge in [0.2, 0.25) is 0 Å². The lowest BCUT2D eigenvalue weighted by molar-refractivity contribution is 1.50. The molecule has 0 spiro atoms. The standard InChI is InChI=1S/C12H22Si2/c1-10-7-11(13(2)3)9-12(8-10)14(4,5)6/h7-9,13H,1-6H3. The van der Waals surface area contributed by atoms with E-state index in [0.717, 1.165) is 0 Å². The van der Waals surface area contributed by atoms with E-state index in [9.17, 15) is 0 Å². The zero-order valence-electron chi connectivity index (χ0n) is 10.3. The van der Waals surface area contributed by atoms with Crippen molar-refractivity contribution in [3.05, 3.63) is 23.8 Å². The average Bonchev–Trinajstić information content (AvgIpc) is 2.01. The minimum atomic E-state index is -1.12. The summed E-state index contributed by atoms with van der Waals surface area (Å²) in [4.78, 5) is 0. The molecule has 0 aliphatic rings. The zero-order chi connectivity index (χ0) is 10.9. The summed E-state index contributed by atoms with van der Waals surface area (Å²) in [6.07, 6.45) is 0. The maximum Gasteiger partial charge on any atom is 0.0775 e. The predicted molar refractivity (Wildman–Crippen MR) is 72.7 cm³/mol. The molecule has 14 heavy (non-hydrogen) atoms. The van der Waals surface area contributed by atoms with Gasteiger partial charge in [-0.3, -0.25) is 0 Å². The lowest BCUT2D eigenvalue weighted by Gasteiger charge is -2.19. The van der Waals surface area contributed by atoms with Crippen LogP contribution in [0.1, 0.15) is 5.56 Å². The van der Waals surface area contributed by atoms with Crippen molar-refractivity contribution in [1.82, 2.24) is 0 Å². The first-order valence-electron chi connectivity index (χ1n) is 5.43. The zero-order valence-corrected chi connectivity index (χ0v) is 12.5. The van der Waals surface area contributed by atoms with Crippen molar-refractivity contribution in [1.29, 1.82) is 0 Å². The van der Waals surface area contributed by atoms with E-state index >= 15 is 0 Å². The van der Waals surface area contributed by atoms with E-state index in [4.69, 9.17) is 0 Å². The molecule has 2 heteroatoms. The lowest BCUT2D eigenvalue weighted by Crippen LogP contribution is -2.41. The Bertz CT molecular complexity index is 322. The van der Waals surface area contributed by atoms with Crippen LogP contribution in [0.2, 0.25) is 32.7 Å². The molecule has 78 valence electrons. The first-order chi connectivity index (χ1) is 6.30. The molecule has 0 saturated carbocycles. The van der Waals surface area contributed by atoms with Crippen LogP contribution in [-0.4, -0.2) is 16.9 Å². The van der Waals surface area contributed by atoms with Crippen LogP contribution in [0.3, 0.4) is 0 Å². The average molecular weight is 222 g/mol. The van der Waals surface area contributed by atoms with Crippen molar-refractivity contribution in [3.63, 3.8) is 0 Å². The molecule has 1 aromatic carbocycles. The van der Waals surface area contributed by atoms with Gasteiger partial charge in [-0.25, -0.2) is 0 Å². The van der Waals surface area contributed by atoms with Gasteiger partial charge in [-0.05, 0) is 6.92 Å². The van der Waals surface area contributed by atoms with E-state index in [1.54, 1.807) is 10.4 Å². The predicted octanol–water partition coefficient (Wildman–Crippen LogP) is 2.23. The van der Waals surface area contributed by atoms with E-state index in [2.05, 4.69) is 57.9 Å². The fourth-order valence-electron chi connectivity index (χ4n) is 1.58. The molecule has 0 atom stereocenters. The highest BCUT2D eigenvalue weighted by Gasteiger charge is 2.17. The van der Waals surface area contributed by atoms with E-state index in [1.807, 2.05) is 0 Å². The second-order valence-electron chi connectivity index (χ2n) is 5.54. The summed E-state index contributed by atoms with van der Waals surface area (Å²) in [5, 5.41) is 3.25. The van der Waals surface area contributed by atoms with Crippen molar-refractivity contribution >= 4 is 27.2 Å². The molecule has 0 N–H and O–H groups in total. The molecule has 0 aliphatic heterocycles. The molecule has 0 fully saturated rings. The summed E-state index contributed by atoms with van der Waals surface area (Å²) in [7, 11) is -1.75. The van der Waals surface area contributed by atoms with Crippen molar-refractivity contribution in [3.8, 4) is 0 Å². The fraction of sp³-hybridized carbons (Fsp3) is 0.500. The smallest absolute Gasteiger partial charge is 0.0682 e. The Kier molecular flexibility index (Phi) is 3.37. The maximum atomic E-state index is 2.47. The maximum absolute atomic E-state index is 2.47. The second kappa shape index (κ2) is 4.03. The molecule has 1 aromatic rings. The Morgan fingerprint density at radius 2 is 1.57 bits per heavy atom. The second-order valence-corrected chi connectivity index (χ2v) is 13.6. The molecule has 0 radical (unpaired) electrons. The third-order valence-corrected chi connectivity index (χ3v) is 6.32. The summed E-state index contributed by atoms with van der Waals surface area (Å²) in [5.74, 6) is 0. The van der Waals surface area contributed by atoms with Gasteiger partial charge in [0.25, 0.3) is 0 Å². The number of hydrogen-bond acceptors (Lipinski definition) is 0. The van der Waals surface area contributed by atoms with E-state index in [0.29, 0.717) is 0 Å². The first-order valence-corrected chi connectivity index (χ1v) is 11.8. The van der Waals surface area contributed by atoms with Gasteiger partial charge < -0.3 is 0 Å². The van der Waals surface area contributed by atoms with Crippen molar-refractivity contribution < 1.29 is 0 Å². The molecule has 0 aromatic heterocycles. The monoisotopic (exact) mass is 222 g/mol. The SMILES string of the molecule is Cc1cc([SiH](C)C)cc([Si](C)(C)C)c1. The van der Waals surface area contributed by atoms with Gasteiger partial charge in [0, 0.05) is 0 Å². The number of aryl methyl sites for hydroxylation is 1. The van der Waals surface area contributed by atoms with E-state index in [1.165, 1.54) is 5.56 Å². The molecule has 0 aliphatic carbocycles. The topological polar surface area (TPSA) is 0 Å². The minimum absolute atomic E-state index is 0.635. The Balaban J connectivity index is 3.21.